The van der Waals surface area contributed by atoms with Gasteiger partial charge in [-0.2, -0.15) is 0 Å². The topological polar surface area (TPSA) is 86.8 Å². The van der Waals surface area contributed by atoms with E-state index in [-0.39, 0.29) is 23.4 Å². The maximum atomic E-state index is 14.1. The number of aryl methyl sites for hydroxylation is 1. The number of benzene rings is 3. The van der Waals surface area contributed by atoms with Crippen LogP contribution >= 0.6 is 23.2 Å². The second kappa shape index (κ2) is 14.0. The molecule has 40 heavy (non-hydrogen) atoms. The number of hydrogen-bond donors (Lipinski definition) is 1. The van der Waals surface area contributed by atoms with Crippen LogP contribution in [0.2, 0.25) is 10.0 Å². The number of halogens is 2. The van der Waals surface area contributed by atoms with Gasteiger partial charge < -0.3 is 10.2 Å². The Bertz CT molecular complexity index is 1420. The van der Waals surface area contributed by atoms with Crippen LogP contribution in [0.3, 0.4) is 0 Å². The Balaban J connectivity index is 2.06. The highest BCUT2D eigenvalue weighted by Gasteiger charge is 2.34. The van der Waals surface area contributed by atoms with Gasteiger partial charge in [0.25, 0.3) is 10.0 Å². The van der Waals surface area contributed by atoms with Gasteiger partial charge in [-0.1, -0.05) is 79.0 Å². The molecule has 0 aliphatic rings. The van der Waals surface area contributed by atoms with Gasteiger partial charge in [-0.15, -0.1) is 0 Å². The molecule has 2 amide bonds. The lowest BCUT2D eigenvalue weighted by molar-refractivity contribution is -0.140. The van der Waals surface area contributed by atoms with Crippen LogP contribution in [-0.4, -0.2) is 43.8 Å². The van der Waals surface area contributed by atoms with Crippen LogP contribution in [0.15, 0.2) is 77.7 Å². The van der Waals surface area contributed by atoms with Crippen molar-refractivity contribution in [3.05, 3.63) is 94.0 Å². The van der Waals surface area contributed by atoms with Gasteiger partial charge in [0.1, 0.15) is 12.6 Å². The summed E-state index contributed by atoms with van der Waals surface area (Å²) in [5.41, 5.74) is 1.95. The normalized spacial score (nSPS) is 12.8. The molecule has 3 aromatic rings. The molecule has 0 radical (unpaired) electrons. The fourth-order valence-corrected chi connectivity index (χ4v) is 5.91. The van der Waals surface area contributed by atoms with E-state index >= 15 is 0 Å². The standard InChI is InChI=1S/C30H35Cl2N3O4S/c1-5-22(4)33-30(37)28(6-2)34(19-23-14-17-26(31)27(32)18-23)29(36)20-35(24-15-12-21(3)13-16-24)40(38,39)25-10-8-7-9-11-25/h7-18,22,28H,5-6,19-20H2,1-4H3,(H,33,37)/t22-,28+/m0/s1. The molecule has 3 rings (SSSR count). The van der Waals surface area contributed by atoms with E-state index < -0.39 is 28.5 Å². The summed E-state index contributed by atoms with van der Waals surface area (Å²) in [6.45, 7) is 7.09. The van der Waals surface area contributed by atoms with Gasteiger partial charge in [0.05, 0.1) is 20.6 Å². The Kier molecular flexibility index (Phi) is 11.0. The Morgan fingerprint density at radius 1 is 0.900 bits per heavy atom. The Morgan fingerprint density at radius 3 is 2.12 bits per heavy atom. The first-order valence-corrected chi connectivity index (χ1v) is 15.4. The number of anilines is 1. The van der Waals surface area contributed by atoms with Crippen molar-refractivity contribution in [3.8, 4) is 0 Å². The van der Waals surface area contributed by atoms with Gasteiger partial charge in [0.2, 0.25) is 11.8 Å². The summed E-state index contributed by atoms with van der Waals surface area (Å²) in [5.74, 6) is -0.838. The van der Waals surface area contributed by atoms with Gasteiger partial charge in [-0.05, 0) is 68.7 Å². The summed E-state index contributed by atoms with van der Waals surface area (Å²) in [6, 6.07) is 18.9. The molecule has 3 aromatic carbocycles. The van der Waals surface area contributed by atoms with Gasteiger partial charge >= 0.3 is 0 Å². The highest BCUT2D eigenvalue weighted by atomic mass is 35.5. The molecular formula is C30H35Cl2N3O4S. The van der Waals surface area contributed by atoms with Crippen molar-refractivity contribution < 1.29 is 18.0 Å². The minimum absolute atomic E-state index is 0.0370. The second-order valence-corrected chi connectivity index (χ2v) is 12.3. The molecule has 0 saturated heterocycles. The van der Waals surface area contributed by atoms with E-state index in [0.29, 0.717) is 27.7 Å². The molecule has 2 atom stereocenters. The van der Waals surface area contributed by atoms with Crippen molar-refractivity contribution in [1.82, 2.24) is 10.2 Å². The zero-order valence-corrected chi connectivity index (χ0v) is 25.4. The third-order valence-corrected chi connectivity index (χ3v) is 9.18. The molecule has 1 N–H and O–H groups in total. The van der Waals surface area contributed by atoms with Crippen LogP contribution in [-0.2, 0) is 26.2 Å². The van der Waals surface area contributed by atoms with Gasteiger partial charge in [-0.3, -0.25) is 13.9 Å². The van der Waals surface area contributed by atoms with Crippen molar-refractivity contribution in [1.29, 1.82) is 0 Å². The monoisotopic (exact) mass is 603 g/mol. The zero-order chi connectivity index (χ0) is 29.4. The summed E-state index contributed by atoms with van der Waals surface area (Å²) in [6.07, 6.45) is 1.05. The van der Waals surface area contributed by atoms with Crippen LogP contribution in [0.1, 0.15) is 44.7 Å². The van der Waals surface area contributed by atoms with Crippen molar-refractivity contribution in [3.63, 3.8) is 0 Å². The minimum atomic E-state index is -4.11. The fourth-order valence-electron chi connectivity index (χ4n) is 4.15. The van der Waals surface area contributed by atoms with E-state index in [2.05, 4.69) is 5.32 Å². The molecule has 0 aliphatic carbocycles. The molecule has 7 nitrogen and oxygen atoms in total. The van der Waals surface area contributed by atoms with Gasteiger partial charge in [0, 0.05) is 12.6 Å². The SMILES string of the molecule is CC[C@H](C(=O)N[C@@H](C)CC)N(Cc1ccc(Cl)c(Cl)c1)C(=O)CN(c1ccc(C)cc1)S(=O)(=O)c1ccccc1. The summed E-state index contributed by atoms with van der Waals surface area (Å²) in [4.78, 5) is 28.9. The number of rotatable bonds is 12. The van der Waals surface area contributed by atoms with Crippen molar-refractivity contribution in [2.45, 2.75) is 64.1 Å². The Labute approximate surface area is 247 Å². The molecule has 0 unspecified atom stereocenters. The third-order valence-electron chi connectivity index (χ3n) is 6.66. The highest BCUT2D eigenvalue weighted by Crippen LogP contribution is 2.27. The van der Waals surface area contributed by atoms with Crippen LogP contribution in [0.5, 0.6) is 0 Å². The van der Waals surface area contributed by atoms with E-state index in [1.165, 1.54) is 17.0 Å². The van der Waals surface area contributed by atoms with Crippen LogP contribution in [0.25, 0.3) is 0 Å². The minimum Gasteiger partial charge on any atom is -0.352 e. The Hall–Kier alpha value is -3.07. The average molecular weight is 605 g/mol. The molecule has 0 spiro atoms. The quantitative estimate of drug-likeness (QED) is 0.266. The predicted octanol–water partition coefficient (Wildman–Crippen LogP) is 6.22. The predicted molar refractivity (Wildman–Crippen MR) is 161 cm³/mol. The first-order chi connectivity index (χ1) is 19.0. The van der Waals surface area contributed by atoms with Gasteiger partial charge in [0.15, 0.2) is 0 Å². The molecule has 0 heterocycles. The smallest absolute Gasteiger partial charge is 0.264 e. The van der Waals surface area contributed by atoms with E-state index in [4.69, 9.17) is 23.2 Å². The number of nitrogens with zero attached hydrogens (tertiary/aromatic N) is 2. The first-order valence-electron chi connectivity index (χ1n) is 13.2. The van der Waals surface area contributed by atoms with Crippen LogP contribution in [0, 0.1) is 6.92 Å². The molecule has 214 valence electrons. The Morgan fingerprint density at radius 2 is 1.55 bits per heavy atom. The molecule has 0 saturated carbocycles. The molecular weight excluding hydrogens is 569 g/mol. The maximum absolute atomic E-state index is 14.1. The van der Waals surface area contributed by atoms with E-state index in [0.717, 1.165) is 16.3 Å². The summed E-state index contributed by atoms with van der Waals surface area (Å²) >= 11 is 12.3. The van der Waals surface area contributed by atoms with Crippen LogP contribution in [0.4, 0.5) is 5.69 Å². The lowest BCUT2D eigenvalue weighted by atomic mass is 10.1. The van der Waals surface area contributed by atoms with Crippen LogP contribution < -0.4 is 9.62 Å². The largest absolute Gasteiger partial charge is 0.352 e. The number of hydrogen-bond acceptors (Lipinski definition) is 4. The van der Waals surface area contributed by atoms with Crippen molar-refractivity contribution in [2.24, 2.45) is 0 Å². The summed E-state index contributed by atoms with van der Waals surface area (Å²) < 4.78 is 28.7. The summed E-state index contributed by atoms with van der Waals surface area (Å²) in [5, 5.41) is 3.64. The molecule has 0 fully saturated rings. The number of carbonyl (C=O) groups is 2. The zero-order valence-electron chi connectivity index (χ0n) is 23.1. The third kappa shape index (κ3) is 7.77. The summed E-state index contributed by atoms with van der Waals surface area (Å²) in [7, 11) is -4.11. The lowest BCUT2D eigenvalue weighted by Gasteiger charge is -2.33. The highest BCUT2D eigenvalue weighted by molar-refractivity contribution is 7.92. The van der Waals surface area contributed by atoms with Crippen molar-refractivity contribution >= 4 is 50.7 Å². The number of nitrogens with one attached hydrogen (secondary N) is 1. The van der Waals surface area contributed by atoms with Gasteiger partial charge in [-0.25, -0.2) is 8.42 Å². The molecule has 0 bridgehead atoms. The van der Waals surface area contributed by atoms with E-state index in [1.54, 1.807) is 60.7 Å². The molecule has 10 heteroatoms. The fraction of sp³-hybridized carbons (Fsp3) is 0.333. The number of carbonyl (C=O) groups excluding carboxylic acids is 2. The number of sulfonamides is 1. The first kappa shape index (κ1) is 31.5. The van der Waals surface area contributed by atoms with E-state index in [9.17, 15) is 18.0 Å². The average Bonchev–Trinajstić information content (AvgIpc) is 2.94. The van der Waals surface area contributed by atoms with Crippen molar-refractivity contribution in [2.75, 3.05) is 10.8 Å². The number of amides is 2. The molecule has 0 aliphatic heterocycles. The van der Waals surface area contributed by atoms with E-state index in [1.807, 2.05) is 27.7 Å². The lowest BCUT2D eigenvalue weighted by Crippen LogP contribution is -2.53. The molecule has 0 aromatic heterocycles. The maximum Gasteiger partial charge on any atom is 0.264 e. The second-order valence-electron chi connectivity index (χ2n) is 9.67.